The maximum atomic E-state index is 12.3. The number of thioether (sulfide) groups is 2. The van der Waals surface area contributed by atoms with Gasteiger partial charge in [0.15, 0.2) is 4.34 Å². The Morgan fingerprint density at radius 1 is 1.11 bits per heavy atom. The van der Waals surface area contributed by atoms with Crippen molar-refractivity contribution >= 4 is 51.3 Å². The molecule has 1 N–H and O–H groups in total. The molecule has 10 heteroatoms. The average molecular weight is 422 g/mol. The molecule has 3 heterocycles. The smallest absolute Gasteiger partial charge is 0.288 e. The zero-order chi connectivity index (χ0) is 18.6. The normalized spacial score (nSPS) is 11.4. The van der Waals surface area contributed by atoms with Crippen LogP contribution in [0.3, 0.4) is 0 Å². The first-order valence-corrected chi connectivity index (χ1v) is 10.5. The number of alkyl halides is 2. The number of aromatic nitrogens is 4. The van der Waals surface area contributed by atoms with Crippen molar-refractivity contribution in [3.63, 3.8) is 0 Å². The molecule has 0 fully saturated rings. The second kappa shape index (κ2) is 8.24. The van der Waals surface area contributed by atoms with Gasteiger partial charge in [-0.15, -0.1) is 10.2 Å². The molecule has 0 bridgehead atoms. The summed E-state index contributed by atoms with van der Waals surface area (Å²) in [5.74, 6) is -1.71. The van der Waals surface area contributed by atoms with Gasteiger partial charge in [0.2, 0.25) is 5.13 Å². The standard InChI is InChI=1S/C17H13F2N5S3/c18-15(19)26-13-6-4-11(5-7-13)21-16-22-23-17(27-16)25-10-12-9-24-8-2-1-3-14(24)20-12/h1-9,15H,10H2,(H,21,22). The van der Waals surface area contributed by atoms with E-state index in [1.807, 2.05) is 35.0 Å². The third-order valence-corrected chi connectivity index (χ3v) is 6.22. The number of halogens is 2. The molecule has 0 aliphatic heterocycles. The van der Waals surface area contributed by atoms with E-state index in [-0.39, 0.29) is 0 Å². The van der Waals surface area contributed by atoms with Crippen LogP contribution in [0.4, 0.5) is 19.6 Å². The van der Waals surface area contributed by atoms with Crippen LogP contribution in [0, 0.1) is 0 Å². The molecule has 0 saturated carbocycles. The number of nitrogens with one attached hydrogen (secondary N) is 1. The number of imidazole rings is 1. The Kier molecular flexibility index (Phi) is 5.55. The molecule has 0 spiro atoms. The van der Waals surface area contributed by atoms with E-state index in [0.717, 1.165) is 21.4 Å². The predicted octanol–water partition coefficient (Wildman–Crippen LogP) is 5.54. The summed E-state index contributed by atoms with van der Waals surface area (Å²) in [6, 6.07) is 12.7. The van der Waals surface area contributed by atoms with E-state index < -0.39 is 5.76 Å². The molecule has 0 saturated heterocycles. The lowest BCUT2D eigenvalue weighted by molar-refractivity contribution is 0.252. The number of hydrogen-bond donors (Lipinski definition) is 1. The summed E-state index contributed by atoms with van der Waals surface area (Å²) in [5.41, 5.74) is 2.67. The van der Waals surface area contributed by atoms with Crippen LogP contribution >= 0.6 is 34.9 Å². The number of rotatable bonds is 7. The van der Waals surface area contributed by atoms with E-state index in [4.69, 9.17) is 0 Å². The molecule has 0 aliphatic carbocycles. The van der Waals surface area contributed by atoms with Gasteiger partial charge in [0.25, 0.3) is 5.76 Å². The molecule has 138 valence electrons. The third kappa shape index (κ3) is 4.76. The summed E-state index contributed by atoms with van der Waals surface area (Å²) in [7, 11) is 0. The summed E-state index contributed by atoms with van der Waals surface area (Å²) in [6.07, 6.45) is 3.97. The number of fused-ring (bicyclic) bond motifs is 1. The second-order valence-electron chi connectivity index (χ2n) is 5.39. The Balaban J connectivity index is 1.35. The summed E-state index contributed by atoms with van der Waals surface area (Å²) >= 11 is 3.54. The van der Waals surface area contributed by atoms with Crippen molar-refractivity contribution in [1.29, 1.82) is 0 Å². The number of benzene rings is 1. The van der Waals surface area contributed by atoms with Crippen LogP contribution in [0.15, 0.2) is 64.1 Å². The Hall–Kier alpha value is -2.17. The highest BCUT2D eigenvalue weighted by Crippen LogP contribution is 2.31. The van der Waals surface area contributed by atoms with Gasteiger partial charge in [0.05, 0.1) is 5.69 Å². The maximum absolute atomic E-state index is 12.3. The molecule has 3 aromatic heterocycles. The molecule has 0 radical (unpaired) electrons. The highest BCUT2D eigenvalue weighted by atomic mass is 32.2. The minimum atomic E-state index is -2.42. The van der Waals surface area contributed by atoms with Gasteiger partial charge < -0.3 is 9.72 Å². The van der Waals surface area contributed by atoms with Gasteiger partial charge in [0, 0.05) is 28.7 Å². The summed E-state index contributed by atoms with van der Waals surface area (Å²) in [4.78, 5) is 5.08. The second-order valence-corrected chi connectivity index (χ2v) is 8.65. The molecule has 27 heavy (non-hydrogen) atoms. The number of nitrogens with zero attached hydrogens (tertiary/aromatic N) is 4. The highest BCUT2D eigenvalue weighted by Gasteiger charge is 2.09. The van der Waals surface area contributed by atoms with Crippen LogP contribution in [0.2, 0.25) is 0 Å². The average Bonchev–Trinajstić information content (AvgIpc) is 3.27. The van der Waals surface area contributed by atoms with E-state index in [1.54, 1.807) is 36.0 Å². The number of pyridine rings is 1. The van der Waals surface area contributed by atoms with Gasteiger partial charge in [-0.3, -0.25) is 0 Å². The van der Waals surface area contributed by atoms with Crippen LogP contribution < -0.4 is 5.32 Å². The Morgan fingerprint density at radius 3 is 2.74 bits per heavy atom. The minimum Gasteiger partial charge on any atom is -0.330 e. The van der Waals surface area contributed by atoms with Crippen molar-refractivity contribution in [3.05, 3.63) is 60.6 Å². The first kappa shape index (κ1) is 18.2. The zero-order valence-corrected chi connectivity index (χ0v) is 16.2. The van der Waals surface area contributed by atoms with E-state index in [1.165, 1.54) is 11.3 Å². The minimum absolute atomic E-state index is 0.525. The fraction of sp³-hybridized carbons (Fsp3) is 0.118. The lowest BCUT2D eigenvalue weighted by Gasteiger charge is -2.03. The molecular formula is C17H13F2N5S3. The molecule has 0 atom stereocenters. The largest absolute Gasteiger partial charge is 0.330 e. The fourth-order valence-corrected chi connectivity index (χ4v) is 4.51. The van der Waals surface area contributed by atoms with Crippen molar-refractivity contribution < 1.29 is 8.78 Å². The quantitative estimate of drug-likeness (QED) is 0.396. The van der Waals surface area contributed by atoms with Crippen LogP contribution in [-0.4, -0.2) is 25.3 Å². The molecule has 0 aliphatic rings. The predicted molar refractivity (Wildman–Crippen MR) is 106 cm³/mol. The molecule has 0 amide bonds. The van der Waals surface area contributed by atoms with Gasteiger partial charge in [-0.05, 0) is 36.4 Å². The maximum Gasteiger partial charge on any atom is 0.288 e. The van der Waals surface area contributed by atoms with Gasteiger partial charge in [-0.1, -0.05) is 40.9 Å². The van der Waals surface area contributed by atoms with Crippen LogP contribution in [-0.2, 0) is 5.75 Å². The lowest BCUT2D eigenvalue weighted by atomic mass is 10.3. The molecule has 4 aromatic rings. The van der Waals surface area contributed by atoms with E-state index in [2.05, 4.69) is 20.5 Å². The van der Waals surface area contributed by atoms with Crippen molar-refractivity contribution in [2.45, 2.75) is 20.7 Å². The number of anilines is 2. The molecule has 1 aromatic carbocycles. The SMILES string of the molecule is FC(F)Sc1ccc(Nc2nnc(SCc3cn4ccccc4n3)s2)cc1. The molecule has 4 rings (SSSR count). The summed E-state index contributed by atoms with van der Waals surface area (Å²) in [6.45, 7) is 0. The summed E-state index contributed by atoms with van der Waals surface area (Å²) < 4.78 is 27.5. The Bertz CT molecular complexity index is 999. The third-order valence-electron chi connectivity index (χ3n) is 3.49. The molecule has 5 nitrogen and oxygen atoms in total. The monoisotopic (exact) mass is 421 g/mol. The van der Waals surface area contributed by atoms with Crippen LogP contribution in [0.25, 0.3) is 5.65 Å². The lowest BCUT2D eigenvalue weighted by Crippen LogP contribution is -1.89. The summed E-state index contributed by atoms with van der Waals surface area (Å²) in [5, 5.41) is 12.1. The van der Waals surface area contributed by atoms with Crippen molar-refractivity contribution in [3.8, 4) is 0 Å². The van der Waals surface area contributed by atoms with Crippen molar-refractivity contribution in [2.24, 2.45) is 0 Å². The van der Waals surface area contributed by atoms with Gasteiger partial charge >= 0.3 is 0 Å². The van der Waals surface area contributed by atoms with Gasteiger partial charge in [-0.2, -0.15) is 8.78 Å². The Labute approximate surface area is 166 Å². The van der Waals surface area contributed by atoms with Gasteiger partial charge in [-0.25, -0.2) is 4.98 Å². The van der Waals surface area contributed by atoms with E-state index in [9.17, 15) is 8.78 Å². The van der Waals surface area contributed by atoms with Crippen LogP contribution in [0.5, 0.6) is 0 Å². The topological polar surface area (TPSA) is 55.1 Å². The highest BCUT2D eigenvalue weighted by molar-refractivity contribution is 8.00. The molecule has 0 unspecified atom stereocenters. The van der Waals surface area contributed by atoms with E-state index in [0.29, 0.717) is 27.5 Å². The first-order valence-electron chi connectivity index (χ1n) is 7.86. The molecular weight excluding hydrogens is 408 g/mol. The van der Waals surface area contributed by atoms with Crippen molar-refractivity contribution in [2.75, 3.05) is 5.32 Å². The zero-order valence-electron chi connectivity index (χ0n) is 13.8. The number of hydrogen-bond acceptors (Lipinski definition) is 7. The first-order chi connectivity index (χ1) is 13.2. The van der Waals surface area contributed by atoms with E-state index >= 15 is 0 Å². The fourth-order valence-electron chi connectivity index (χ4n) is 2.35. The van der Waals surface area contributed by atoms with Crippen LogP contribution in [0.1, 0.15) is 5.69 Å². The van der Waals surface area contributed by atoms with Crippen molar-refractivity contribution in [1.82, 2.24) is 19.6 Å². The van der Waals surface area contributed by atoms with Gasteiger partial charge in [0.1, 0.15) is 5.65 Å². The Morgan fingerprint density at radius 2 is 1.96 bits per heavy atom.